The first-order chi connectivity index (χ1) is 15.4. The van der Waals surface area contributed by atoms with Gasteiger partial charge >= 0.3 is 0 Å². The highest BCUT2D eigenvalue weighted by molar-refractivity contribution is 7.59. The number of likely N-dealkylation sites (tertiary alicyclic amines) is 1. The number of rotatable bonds is 4. The van der Waals surface area contributed by atoms with Crippen molar-refractivity contribution in [3.05, 3.63) is 23.8 Å². The number of halogens is 1. The zero-order valence-corrected chi connectivity index (χ0v) is 25.0. The third-order valence-corrected chi connectivity index (χ3v) is 7.98. The SMILES string of the molecule is Nc1nc2ccc(C(=O)N[C@H](C(=O)N3C[C@H](Cl)[C@H]4OCC(=O)[C@H]43)C3CCCCC3)cc2s1.S.S.S.S. The van der Waals surface area contributed by atoms with E-state index in [0.29, 0.717) is 10.7 Å². The maximum atomic E-state index is 13.7. The van der Waals surface area contributed by atoms with Crippen LogP contribution in [0.5, 0.6) is 0 Å². The van der Waals surface area contributed by atoms with Crippen LogP contribution in [0.2, 0.25) is 0 Å². The summed E-state index contributed by atoms with van der Waals surface area (Å²) in [5.41, 5.74) is 6.96. The molecule has 202 valence electrons. The van der Waals surface area contributed by atoms with Gasteiger partial charge in [-0.3, -0.25) is 14.4 Å². The fourth-order valence-corrected chi connectivity index (χ4v) is 6.29. The summed E-state index contributed by atoms with van der Waals surface area (Å²) in [4.78, 5) is 45.0. The van der Waals surface area contributed by atoms with E-state index < -0.39 is 23.6 Å². The van der Waals surface area contributed by atoms with Crippen molar-refractivity contribution < 1.29 is 19.1 Å². The average molecular weight is 613 g/mol. The van der Waals surface area contributed by atoms with Crippen LogP contribution in [0.25, 0.3) is 10.2 Å². The molecule has 3 fully saturated rings. The van der Waals surface area contributed by atoms with Crippen molar-refractivity contribution in [3.63, 3.8) is 0 Å². The van der Waals surface area contributed by atoms with Crippen molar-refractivity contribution in [2.24, 2.45) is 5.92 Å². The summed E-state index contributed by atoms with van der Waals surface area (Å²) in [7, 11) is 0. The largest absolute Gasteiger partial charge is 0.375 e. The Balaban J connectivity index is 0.00000162. The lowest BCUT2D eigenvalue weighted by molar-refractivity contribution is -0.139. The molecule has 1 aromatic carbocycles. The number of ether oxygens (including phenoxy) is 1. The van der Waals surface area contributed by atoms with Gasteiger partial charge in [-0.05, 0) is 37.0 Å². The number of benzene rings is 1. The quantitative estimate of drug-likeness (QED) is 0.513. The zero-order valence-electron chi connectivity index (χ0n) is 19.5. The lowest BCUT2D eigenvalue weighted by atomic mass is 9.83. The summed E-state index contributed by atoms with van der Waals surface area (Å²) in [6.45, 7) is 0.216. The fourth-order valence-electron chi connectivity index (χ4n) is 5.16. The number of hydrogen-bond donors (Lipinski definition) is 2. The Bertz CT molecular complexity index is 1080. The molecule has 14 heteroatoms. The summed E-state index contributed by atoms with van der Waals surface area (Å²) in [6, 6.07) is 3.82. The van der Waals surface area contributed by atoms with Crippen LogP contribution in [0, 0.1) is 5.92 Å². The van der Waals surface area contributed by atoms with E-state index in [2.05, 4.69) is 10.3 Å². The Hall–Kier alpha value is -0.830. The van der Waals surface area contributed by atoms with Gasteiger partial charge in [0.1, 0.15) is 24.8 Å². The number of anilines is 1. The molecule has 1 saturated carbocycles. The van der Waals surface area contributed by atoms with Gasteiger partial charge in [0.25, 0.3) is 5.91 Å². The normalized spacial score (nSPS) is 24.0. The number of carbonyl (C=O) groups is 3. The lowest BCUT2D eigenvalue weighted by Gasteiger charge is -2.34. The zero-order chi connectivity index (χ0) is 22.4. The van der Waals surface area contributed by atoms with E-state index in [4.69, 9.17) is 22.1 Å². The number of aromatic nitrogens is 1. The number of nitrogens with one attached hydrogen (secondary N) is 1. The minimum atomic E-state index is -0.707. The van der Waals surface area contributed by atoms with Crippen LogP contribution in [0.15, 0.2) is 18.2 Å². The standard InChI is InChI=1S/C22H25ClN4O4S.4H2S/c23-13-9-27(18-15(28)10-31-19(13)18)21(30)17(11-4-2-1-3-5-11)26-20(29)12-6-7-14-16(8-12)32-22(24)25-14;;;;/h6-8,11,13,17-19H,1-5,9-10H2,(H2,24,25)(H,26,29);4*1H2/t13-,17-,18+,19+;;;;/m0..../s1. The van der Waals surface area contributed by atoms with Crippen molar-refractivity contribution >= 4 is 110 Å². The molecule has 3 heterocycles. The van der Waals surface area contributed by atoms with E-state index in [1.807, 2.05) is 0 Å². The van der Waals surface area contributed by atoms with Crippen LogP contribution in [0.4, 0.5) is 5.13 Å². The fraction of sp³-hybridized carbons (Fsp3) is 0.545. The van der Waals surface area contributed by atoms with Gasteiger partial charge < -0.3 is 20.7 Å². The monoisotopic (exact) mass is 612 g/mol. The average Bonchev–Trinajstić information content (AvgIpc) is 3.46. The highest BCUT2D eigenvalue weighted by Crippen LogP contribution is 2.34. The second-order valence-corrected chi connectivity index (χ2v) is 10.4. The van der Waals surface area contributed by atoms with Gasteiger partial charge in [-0.2, -0.15) is 54.0 Å². The smallest absolute Gasteiger partial charge is 0.251 e. The van der Waals surface area contributed by atoms with Crippen molar-refractivity contribution in [1.82, 2.24) is 15.2 Å². The Morgan fingerprint density at radius 1 is 1.17 bits per heavy atom. The predicted molar refractivity (Wildman–Crippen MR) is 163 cm³/mol. The number of ketones is 1. The van der Waals surface area contributed by atoms with Crippen LogP contribution in [-0.4, -0.2) is 64.2 Å². The number of amides is 2. The van der Waals surface area contributed by atoms with Crippen LogP contribution in [0.3, 0.4) is 0 Å². The molecular weight excluding hydrogens is 580 g/mol. The number of fused-ring (bicyclic) bond motifs is 2. The molecule has 8 nitrogen and oxygen atoms in total. The van der Waals surface area contributed by atoms with Crippen molar-refractivity contribution in [2.75, 3.05) is 18.9 Å². The molecule has 2 aromatic rings. The maximum Gasteiger partial charge on any atom is 0.251 e. The van der Waals surface area contributed by atoms with Gasteiger partial charge in [0.2, 0.25) is 5.91 Å². The molecule has 3 N–H and O–H groups in total. The number of alkyl halides is 1. The summed E-state index contributed by atoms with van der Waals surface area (Å²) in [5, 5.41) is 3.00. The van der Waals surface area contributed by atoms with E-state index in [0.717, 1.165) is 42.3 Å². The number of nitrogens with zero attached hydrogens (tertiary/aromatic N) is 2. The predicted octanol–water partition coefficient (Wildman–Crippen LogP) is 2.79. The first-order valence-electron chi connectivity index (χ1n) is 11.0. The minimum Gasteiger partial charge on any atom is -0.375 e. The molecule has 4 atom stereocenters. The molecule has 1 aliphatic carbocycles. The van der Waals surface area contributed by atoms with E-state index in [1.165, 1.54) is 16.2 Å². The van der Waals surface area contributed by atoms with Crippen molar-refractivity contribution in [1.29, 1.82) is 0 Å². The number of nitrogens with two attached hydrogens (primary N) is 1. The maximum absolute atomic E-state index is 13.7. The third kappa shape index (κ3) is 6.41. The van der Waals surface area contributed by atoms with E-state index in [-0.39, 0.29) is 90.6 Å². The van der Waals surface area contributed by atoms with Crippen molar-refractivity contribution in [3.8, 4) is 0 Å². The van der Waals surface area contributed by atoms with Gasteiger partial charge in [-0.25, -0.2) is 4.98 Å². The van der Waals surface area contributed by atoms with E-state index in [1.54, 1.807) is 18.2 Å². The van der Waals surface area contributed by atoms with Gasteiger partial charge in [0.15, 0.2) is 10.9 Å². The first-order valence-corrected chi connectivity index (χ1v) is 12.2. The van der Waals surface area contributed by atoms with E-state index >= 15 is 0 Å². The van der Waals surface area contributed by atoms with Crippen LogP contribution in [-0.2, 0) is 14.3 Å². The molecule has 2 amide bonds. The first kappa shape index (κ1) is 33.2. The molecule has 0 radical (unpaired) electrons. The second kappa shape index (κ2) is 13.8. The van der Waals surface area contributed by atoms with Crippen LogP contribution < -0.4 is 11.1 Å². The molecule has 1 aromatic heterocycles. The number of carbonyl (C=O) groups excluding carboxylic acids is 3. The lowest BCUT2D eigenvalue weighted by Crippen LogP contribution is -2.55. The molecule has 2 saturated heterocycles. The molecule has 0 bridgehead atoms. The second-order valence-electron chi connectivity index (χ2n) is 8.78. The molecule has 3 aliphatic rings. The summed E-state index contributed by atoms with van der Waals surface area (Å²) < 4.78 is 6.34. The highest BCUT2D eigenvalue weighted by Gasteiger charge is 2.53. The molecular formula is C22H33ClN4O4S5. The molecule has 36 heavy (non-hydrogen) atoms. The Kier molecular flexibility index (Phi) is 12.7. The molecule has 5 rings (SSSR count). The summed E-state index contributed by atoms with van der Waals surface area (Å²) in [5.74, 6) is -0.679. The van der Waals surface area contributed by atoms with Gasteiger partial charge in [0.05, 0.1) is 15.6 Å². The summed E-state index contributed by atoms with van der Waals surface area (Å²) in [6.07, 6.45) is 4.40. The third-order valence-electron chi connectivity index (χ3n) is 6.75. The summed E-state index contributed by atoms with van der Waals surface area (Å²) >= 11 is 7.71. The van der Waals surface area contributed by atoms with Gasteiger partial charge in [-0.1, -0.05) is 30.6 Å². The number of nitrogen functional groups attached to an aromatic ring is 1. The van der Waals surface area contributed by atoms with Gasteiger partial charge in [-0.15, -0.1) is 11.6 Å². The number of Topliss-reactive ketones (excluding diaryl/α,β-unsaturated/α-hetero) is 1. The van der Waals surface area contributed by atoms with Crippen LogP contribution >= 0.6 is 76.9 Å². The van der Waals surface area contributed by atoms with Gasteiger partial charge in [0, 0.05) is 12.1 Å². The van der Waals surface area contributed by atoms with Crippen LogP contribution in [0.1, 0.15) is 42.5 Å². The Morgan fingerprint density at radius 3 is 2.56 bits per heavy atom. The Morgan fingerprint density at radius 2 is 1.86 bits per heavy atom. The van der Waals surface area contributed by atoms with E-state index in [9.17, 15) is 14.4 Å². The molecule has 0 spiro atoms. The molecule has 2 aliphatic heterocycles. The Labute approximate surface area is 247 Å². The highest BCUT2D eigenvalue weighted by atomic mass is 35.5. The minimum absolute atomic E-state index is 0. The van der Waals surface area contributed by atoms with Crippen molar-refractivity contribution in [2.45, 2.75) is 55.7 Å². The number of thiazole rings is 1. The number of hydrogen-bond acceptors (Lipinski definition) is 7. The topological polar surface area (TPSA) is 115 Å². The molecule has 0 unspecified atom stereocenters.